The molecule has 0 aliphatic heterocycles. The number of halogens is 1. The average molecular weight is 508 g/mol. The van der Waals surface area contributed by atoms with Crippen LogP contribution in [0.3, 0.4) is 0 Å². The van der Waals surface area contributed by atoms with Crippen molar-refractivity contribution in [3.05, 3.63) is 89.9 Å². The number of carbonyl (C=O) groups excluding carboxylic acids is 1. The molecule has 0 saturated heterocycles. The number of nitrogens with one attached hydrogen (secondary N) is 1. The van der Waals surface area contributed by atoms with Crippen LogP contribution in [0.4, 0.5) is 4.39 Å². The van der Waals surface area contributed by atoms with Gasteiger partial charge in [-0.15, -0.1) is 0 Å². The summed E-state index contributed by atoms with van der Waals surface area (Å²) in [5.41, 5.74) is 6.49. The van der Waals surface area contributed by atoms with Gasteiger partial charge in [0.2, 0.25) is 0 Å². The van der Waals surface area contributed by atoms with E-state index in [0.29, 0.717) is 21.4 Å². The van der Waals surface area contributed by atoms with Gasteiger partial charge in [-0.2, -0.15) is 0 Å². The standard InChI is InChI=1S/C27H30AsFN2O2/c1-28(2)27(19-20-10-12-21(29)13-11-20)16-14-22(15-17-27)31-25(32)24-9-6-18-30-26(24)33-23-7-4-3-5-8-23/h3-13,18,22H,14-17,19H2,1-2H3,(H,31,32). The van der Waals surface area contributed by atoms with E-state index in [9.17, 15) is 9.18 Å². The molecule has 1 aliphatic rings. The summed E-state index contributed by atoms with van der Waals surface area (Å²) >= 11 is -1.05. The molecule has 1 aromatic heterocycles. The van der Waals surface area contributed by atoms with Crippen molar-refractivity contribution in [3.8, 4) is 11.6 Å². The molecule has 4 nitrogen and oxygen atoms in total. The number of amides is 1. The quantitative estimate of drug-likeness (QED) is 0.375. The van der Waals surface area contributed by atoms with Gasteiger partial charge in [0.15, 0.2) is 0 Å². The van der Waals surface area contributed by atoms with Gasteiger partial charge in [0.05, 0.1) is 0 Å². The first kappa shape index (κ1) is 23.5. The fourth-order valence-electron chi connectivity index (χ4n) is 4.57. The number of hydrogen-bond acceptors (Lipinski definition) is 3. The second-order valence-electron chi connectivity index (χ2n) is 8.94. The van der Waals surface area contributed by atoms with Crippen molar-refractivity contribution < 1.29 is 13.9 Å². The van der Waals surface area contributed by atoms with Crippen LogP contribution in [0, 0.1) is 5.82 Å². The molecular formula is C27H30AsFN2O2. The molecule has 0 bridgehead atoms. The molecule has 1 fully saturated rings. The molecule has 1 amide bonds. The van der Waals surface area contributed by atoms with Gasteiger partial charge in [-0.3, -0.25) is 0 Å². The zero-order chi connectivity index (χ0) is 23.3. The molecule has 2 aromatic carbocycles. The van der Waals surface area contributed by atoms with Gasteiger partial charge in [0.1, 0.15) is 0 Å². The van der Waals surface area contributed by atoms with Crippen LogP contribution in [0.1, 0.15) is 41.6 Å². The van der Waals surface area contributed by atoms with Crippen LogP contribution in [0.25, 0.3) is 0 Å². The van der Waals surface area contributed by atoms with Crippen LogP contribution in [0.2, 0.25) is 15.6 Å². The maximum atomic E-state index is 13.3. The summed E-state index contributed by atoms with van der Waals surface area (Å²) in [6.45, 7) is 0. The number of aromatic nitrogens is 1. The van der Waals surface area contributed by atoms with E-state index < -0.39 is 14.7 Å². The second kappa shape index (κ2) is 10.5. The maximum absolute atomic E-state index is 13.3. The average Bonchev–Trinajstić information content (AvgIpc) is 2.83. The third-order valence-corrected chi connectivity index (χ3v) is 11.9. The Morgan fingerprint density at radius 1 is 1.06 bits per heavy atom. The Hall–Kier alpha value is -2.65. The fourth-order valence-corrected chi connectivity index (χ4v) is 8.04. The predicted molar refractivity (Wildman–Crippen MR) is 131 cm³/mol. The summed E-state index contributed by atoms with van der Waals surface area (Å²) in [5, 5.41) is 3.22. The number of rotatable bonds is 7. The van der Waals surface area contributed by atoms with Crippen molar-refractivity contribution in [2.24, 2.45) is 0 Å². The Labute approximate surface area is 199 Å². The van der Waals surface area contributed by atoms with Crippen LogP contribution in [-0.2, 0) is 6.42 Å². The summed E-state index contributed by atoms with van der Waals surface area (Å²) in [6.07, 6.45) is 6.71. The molecule has 0 unspecified atom stereocenters. The molecule has 172 valence electrons. The zero-order valence-corrected chi connectivity index (χ0v) is 21.0. The second-order valence-corrected chi connectivity index (χ2v) is 14.7. The van der Waals surface area contributed by atoms with Crippen LogP contribution in [0.5, 0.6) is 11.6 Å². The minimum absolute atomic E-state index is 0.137. The van der Waals surface area contributed by atoms with E-state index in [0.717, 1.165) is 32.1 Å². The van der Waals surface area contributed by atoms with Crippen molar-refractivity contribution in [2.75, 3.05) is 0 Å². The van der Waals surface area contributed by atoms with Crippen molar-refractivity contribution in [1.82, 2.24) is 10.3 Å². The molecule has 0 radical (unpaired) electrons. The van der Waals surface area contributed by atoms with Gasteiger partial charge in [-0.05, 0) is 0 Å². The molecule has 1 N–H and O–H groups in total. The van der Waals surface area contributed by atoms with Crippen molar-refractivity contribution in [1.29, 1.82) is 0 Å². The van der Waals surface area contributed by atoms with Gasteiger partial charge in [-0.1, -0.05) is 6.07 Å². The Balaban J connectivity index is 1.40. The molecule has 33 heavy (non-hydrogen) atoms. The molecule has 3 aromatic rings. The van der Waals surface area contributed by atoms with E-state index in [2.05, 4.69) is 21.7 Å². The summed E-state index contributed by atoms with van der Waals surface area (Å²) < 4.78 is 19.5. The molecule has 0 atom stereocenters. The monoisotopic (exact) mass is 508 g/mol. The predicted octanol–water partition coefficient (Wildman–Crippen LogP) is 6.42. The SMILES string of the molecule is C[As](C)C1(Cc2ccc(F)cc2)CCC(NC(=O)c2cccnc2Oc2ccccc2)CC1. The van der Waals surface area contributed by atoms with E-state index in [4.69, 9.17) is 4.74 Å². The number of benzene rings is 2. The summed E-state index contributed by atoms with van der Waals surface area (Å²) in [4.78, 5) is 17.4. The third kappa shape index (κ3) is 5.83. The van der Waals surface area contributed by atoms with Gasteiger partial charge in [0.25, 0.3) is 0 Å². The van der Waals surface area contributed by atoms with E-state index >= 15 is 0 Å². The van der Waals surface area contributed by atoms with Gasteiger partial charge >= 0.3 is 194 Å². The molecule has 1 saturated carbocycles. The van der Waals surface area contributed by atoms with Crippen molar-refractivity contribution in [2.45, 2.75) is 53.8 Å². The van der Waals surface area contributed by atoms with Crippen LogP contribution in [-0.4, -0.2) is 31.6 Å². The molecular weight excluding hydrogens is 478 g/mol. The van der Waals surface area contributed by atoms with Crippen molar-refractivity contribution >= 4 is 20.6 Å². The normalized spacial score (nSPS) is 20.4. The van der Waals surface area contributed by atoms with Crippen molar-refractivity contribution in [3.63, 3.8) is 0 Å². The van der Waals surface area contributed by atoms with E-state index in [1.165, 1.54) is 5.56 Å². The molecule has 4 rings (SSSR count). The Morgan fingerprint density at radius 3 is 2.42 bits per heavy atom. The number of pyridine rings is 1. The zero-order valence-electron chi connectivity index (χ0n) is 19.1. The summed E-state index contributed by atoms with van der Waals surface area (Å²) in [6, 6.07) is 20.0. The molecule has 1 aliphatic carbocycles. The minimum atomic E-state index is -1.05. The Bertz CT molecular complexity index is 1060. The van der Waals surface area contributed by atoms with Crippen LogP contribution >= 0.6 is 0 Å². The Morgan fingerprint density at radius 2 is 1.76 bits per heavy atom. The molecule has 6 heteroatoms. The first-order chi connectivity index (χ1) is 15.9. The number of para-hydroxylation sites is 1. The fraction of sp³-hybridized carbons (Fsp3) is 0.333. The number of nitrogens with zero attached hydrogens (tertiary/aromatic N) is 1. The van der Waals surface area contributed by atoms with E-state index in [1.54, 1.807) is 30.5 Å². The first-order valence-corrected chi connectivity index (χ1v) is 16.0. The number of hydrogen-bond donors (Lipinski definition) is 1. The number of ether oxygens (including phenoxy) is 1. The van der Waals surface area contributed by atoms with Gasteiger partial charge < -0.3 is 0 Å². The molecule has 1 heterocycles. The Kier molecular flexibility index (Phi) is 7.49. The van der Waals surface area contributed by atoms with E-state index in [1.807, 2.05) is 42.5 Å². The molecule has 0 spiro atoms. The first-order valence-electron chi connectivity index (χ1n) is 11.4. The third-order valence-electron chi connectivity index (χ3n) is 6.62. The summed E-state index contributed by atoms with van der Waals surface area (Å²) in [7, 11) is 0. The number of carbonyl (C=O) groups is 1. The van der Waals surface area contributed by atoms with Crippen LogP contribution < -0.4 is 10.1 Å². The van der Waals surface area contributed by atoms with Gasteiger partial charge in [-0.25, -0.2) is 0 Å². The van der Waals surface area contributed by atoms with E-state index in [-0.39, 0.29) is 17.8 Å². The van der Waals surface area contributed by atoms with Gasteiger partial charge in [0, 0.05) is 0 Å². The topological polar surface area (TPSA) is 51.2 Å². The van der Waals surface area contributed by atoms with Crippen LogP contribution in [0.15, 0.2) is 72.9 Å². The summed E-state index contributed by atoms with van der Waals surface area (Å²) in [5.74, 6) is 0.633.